The van der Waals surface area contributed by atoms with Gasteiger partial charge in [-0.25, -0.2) is 9.97 Å². The molecule has 6 heteroatoms. The van der Waals surface area contributed by atoms with Crippen molar-refractivity contribution in [1.29, 1.82) is 0 Å². The average Bonchev–Trinajstić information content (AvgIpc) is 2.31. The van der Waals surface area contributed by atoms with E-state index in [0.29, 0.717) is 10.8 Å². The first-order valence-corrected chi connectivity index (χ1v) is 4.82. The van der Waals surface area contributed by atoms with E-state index in [2.05, 4.69) is 20.3 Å². The van der Waals surface area contributed by atoms with Gasteiger partial charge in [-0.3, -0.25) is 9.78 Å². The Morgan fingerprint density at radius 1 is 1.19 bits per heavy atom. The maximum atomic E-state index is 11.6. The van der Waals surface area contributed by atoms with Crippen molar-refractivity contribution in [3.05, 3.63) is 47.6 Å². The van der Waals surface area contributed by atoms with Crippen LogP contribution in [-0.4, -0.2) is 20.9 Å². The minimum absolute atomic E-state index is 0.273. The molecule has 0 unspecified atom stereocenters. The molecule has 2 aromatic rings. The zero-order valence-corrected chi connectivity index (χ0v) is 8.85. The second-order valence-corrected chi connectivity index (χ2v) is 3.34. The highest BCUT2D eigenvalue weighted by molar-refractivity contribution is 6.30. The second-order valence-electron chi connectivity index (χ2n) is 2.91. The van der Waals surface area contributed by atoms with E-state index in [1.165, 1.54) is 30.9 Å². The molecule has 80 valence electrons. The number of pyridine rings is 1. The van der Waals surface area contributed by atoms with E-state index in [9.17, 15) is 4.79 Å². The van der Waals surface area contributed by atoms with E-state index in [0.717, 1.165) is 0 Å². The van der Waals surface area contributed by atoms with Crippen LogP contribution in [0, 0.1) is 0 Å². The van der Waals surface area contributed by atoms with Crippen molar-refractivity contribution in [3.63, 3.8) is 0 Å². The quantitative estimate of drug-likeness (QED) is 0.860. The number of hydrogen-bond acceptors (Lipinski definition) is 4. The molecule has 1 amide bonds. The third-order valence-corrected chi connectivity index (χ3v) is 1.99. The molecule has 0 radical (unpaired) electrons. The molecule has 0 atom stereocenters. The summed E-state index contributed by atoms with van der Waals surface area (Å²) in [5, 5.41) is 3.04. The summed E-state index contributed by atoms with van der Waals surface area (Å²) in [5.74, 6) is 0.0291. The van der Waals surface area contributed by atoms with Crippen molar-refractivity contribution in [2.45, 2.75) is 0 Å². The number of aromatic nitrogens is 3. The van der Waals surface area contributed by atoms with Crippen molar-refractivity contribution >= 4 is 23.3 Å². The predicted molar refractivity (Wildman–Crippen MR) is 59.2 cm³/mol. The summed E-state index contributed by atoms with van der Waals surface area (Å²) < 4.78 is 0. The molecule has 5 nitrogen and oxygen atoms in total. The number of carbonyl (C=O) groups is 1. The lowest BCUT2D eigenvalue weighted by Gasteiger charge is -2.02. The van der Waals surface area contributed by atoms with Gasteiger partial charge in [0.15, 0.2) is 5.82 Å². The molecular formula is C10H7ClN4O. The van der Waals surface area contributed by atoms with Crippen LogP contribution in [0.1, 0.15) is 10.5 Å². The highest BCUT2D eigenvalue weighted by Gasteiger charge is 2.07. The first-order chi connectivity index (χ1) is 7.75. The van der Waals surface area contributed by atoms with Crippen molar-refractivity contribution in [3.8, 4) is 0 Å². The maximum absolute atomic E-state index is 11.6. The number of hydrogen-bond donors (Lipinski definition) is 1. The van der Waals surface area contributed by atoms with Gasteiger partial charge in [0.2, 0.25) is 0 Å². The molecule has 0 saturated heterocycles. The molecule has 2 aromatic heterocycles. The van der Waals surface area contributed by atoms with Crippen LogP contribution in [0.3, 0.4) is 0 Å². The van der Waals surface area contributed by atoms with Crippen molar-refractivity contribution in [2.75, 3.05) is 5.32 Å². The Balaban J connectivity index is 2.12. The van der Waals surface area contributed by atoms with Crippen LogP contribution >= 0.6 is 11.6 Å². The zero-order valence-electron chi connectivity index (χ0n) is 8.09. The second kappa shape index (κ2) is 4.67. The topological polar surface area (TPSA) is 67.8 Å². The van der Waals surface area contributed by atoms with Crippen molar-refractivity contribution in [1.82, 2.24) is 15.0 Å². The lowest BCUT2D eigenvalue weighted by atomic mass is 10.3. The fourth-order valence-corrected chi connectivity index (χ4v) is 1.17. The molecular weight excluding hydrogens is 228 g/mol. The van der Waals surface area contributed by atoms with Crippen LogP contribution in [0.25, 0.3) is 0 Å². The van der Waals surface area contributed by atoms with Gasteiger partial charge in [0.1, 0.15) is 5.69 Å². The summed E-state index contributed by atoms with van der Waals surface area (Å²) in [7, 11) is 0. The Kier molecular flexibility index (Phi) is 3.07. The molecule has 0 spiro atoms. The highest BCUT2D eigenvalue weighted by atomic mass is 35.5. The fourth-order valence-electron chi connectivity index (χ4n) is 1.05. The Labute approximate surface area is 96.5 Å². The van der Waals surface area contributed by atoms with E-state index >= 15 is 0 Å². The summed E-state index contributed by atoms with van der Waals surface area (Å²) in [6.45, 7) is 0. The van der Waals surface area contributed by atoms with Gasteiger partial charge >= 0.3 is 0 Å². The Hall–Kier alpha value is -2.01. The molecule has 0 saturated carbocycles. The number of carbonyl (C=O) groups excluding carboxylic acids is 1. The lowest BCUT2D eigenvalue weighted by molar-refractivity contribution is 0.102. The lowest BCUT2D eigenvalue weighted by Crippen LogP contribution is -2.14. The first kappa shape index (κ1) is 10.5. The summed E-state index contributed by atoms with van der Waals surface area (Å²) in [4.78, 5) is 23.3. The van der Waals surface area contributed by atoms with Crippen LogP contribution in [-0.2, 0) is 0 Å². The van der Waals surface area contributed by atoms with E-state index in [1.54, 1.807) is 6.07 Å². The maximum Gasteiger partial charge on any atom is 0.275 e. The molecule has 0 aliphatic carbocycles. The molecule has 0 bridgehead atoms. The largest absolute Gasteiger partial charge is 0.304 e. The third kappa shape index (κ3) is 2.52. The van der Waals surface area contributed by atoms with Crippen LogP contribution in [0.5, 0.6) is 0 Å². The normalized spacial score (nSPS) is 9.81. The van der Waals surface area contributed by atoms with Crippen molar-refractivity contribution in [2.24, 2.45) is 0 Å². The van der Waals surface area contributed by atoms with Gasteiger partial charge in [-0.2, -0.15) is 0 Å². The van der Waals surface area contributed by atoms with Crippen LogP contribution in [0.15, 0.2) is 36.9 Å². The molecule has 0 fully saturated rings. The van der Waals surface area contributed by atoms with E-state index in [-0.39, 0.29) is 11.6 Å². The number of anilines is 1. The predicted octanol–water partition coefficient (Wildman–Crippen LogP) is 1.78. The Morgan fingerprint density at radius 3 is 2.69 bits per heavy atom. The zero-order chi connectivity index (χ0) is 11.4. The van der Waals surface area contributed by atoms with Crippen LogP contribution < -0.4 is 5.32 Å². The van der Waals surface area contributed by atoms with Crippen LogP contribution in [0.2, 0.25) is 5.02 Å². The molecule has 0 aliphatic rings. The van der Waals surface area contributed by atoms with Gasteiger partial charge in [-0.05, 0) is 12.1 Å². The summed E-state index contributed by atoms with van der Waals surface area (Å²) in [5.41, 5.74) is 0.273. The number of halogens is 1. The molecule has 16 heavy (non-hydrogen) atoms. The van der Waals surface area contributed by atoms with Gasteiger partial charge in [-0.1, -0.05) is 11.6 Å². The van der Waals surface area contributed by atoms with E-state index in [4.69, 9.17) is 11.6 Å². The minimum atomic E-state index is -0.350. The van der Waals surface area contributed by atoms with Gasteiger partial charge in [0.05, 0.1) is 11.2 Å². The summed E-state index contributed by atoms with van der Waals surface area (Å²) in [6, 6.07) is 3.13. The number of rotatable bonds is 2. The molecule has 2 rings (SSSR count). The molecule has 1 N–H and O–H groups in total. The average molecular weight is 235 g/mol. The molecule has 2 heterocycles. The smallest absolute Gasteiger partial charge is 0.275 e. The number of nitrogens with one attached hydrogen (secondary N) is 1. The summed E-state index contributed by atoms with van der Waals surface area (Å²) >= 11 is 5.66. The van der Waals surface area contributed by atoms with E-state index < -0.39 is 0 Å². The summed E-state index contributed by atoms with van der Waals surface area (Å²) in [6.07, 6.45) is 5.88. The highest BCUT2D eigenvalue weighted by Crippen LogP contribution is 2.07. The first-order valence-electron chi connectivity index (χ1n) is 4.44. The number of nitrogens with zero attached hydrogens (tertiary/aromatic N) is 3. The third-order valence-electron chi connectivity index (χ3n) is 1.76. The molecule has 0 aromatic carbocycles. The standard InChI is InChI=1S/C10H7ClN4O/c11-7-1-2-8(14-5-7)10(16)15-9-6-12-3-4-13-9/h1-6H,(H,13,15,16). The molecule has 0 aliphatic heterocycles. The number of amides is 1. The van der Waals surface area contributed by atoms with Gasteiger partial charge in [0.25, 0.3) is 5.91 Å². The van der Waals surface area contributed by atoms with Crippen LogP contribution in [0.4, 0.5) is 5.82 Å². The fraction of sp³-hybridized carbons (Fsp3) is 0. The monoisotopic (exact) mass is 234 g/mol. The Bertz CT molecular complexity index is 486. The SMILES string of the molecule is O=C(Nc1cnccn1)c1ccc(Cl)cn1. The minimum Gasteiger partial charge on any atom is -0.304 e. The van der Waals surface area contributed by atoms with E-state index in [1.807, 2.05) is 0 Å². The van der Waals surface area contributed by atoms with Gasteiger partial charge in [0, 0.05) is 18.6 Å². The van der Waals surface area contributed by atoms with Gasteiger partial charge in [-0.15, -0.1) is 0 Å². The Morgan fingerprint density at radius 2 is 2.06 bits per heavy atom. The van der Waals surface area contributed by atoms with Gasteiger partial charge < -0.3 is 5.32 Å². The van der Waals surface area contributed by atoms with Crippen molar-refractivity contribution < 1.29 is 4.79 Å².